The van der Waals surface area contributed by atoms with Gasteiger partial charge in [0.1, 0.15) is 12.4 Å². The normalized spacial score (nSPS) is 10.1. The quantitative estimate of drug-likeness (QED) is 0.815. The Morgan fingerprint density at radius 1 is 1.14 bits per heavy atom. The molecule has 0 saturated heterocycles. The lowest BCUT2D eigenvalue weighted by atomic mass is 10.1. The second-order valence-corrected chi connectivity index (χ2v) is 4.57. The van der Waals surface area contributed by atoms with E-state index in [0.29, 0.717) is 26.0 Å². The molecule has 1 heterocycles. The third-order valence-electron chi connectivity index (χ3n) is 2.91. The van der Waals surface area contributed by atoms with Gasteiger partial charge in [0, 0.05) is 31.0 Å². The average Bonchev–Trinajstić information content (AvgIpc) is 2.53. The largest absolute Gasteiger partial charge is 0.492 e. The first-order valence-corrected chi connectivity index (χ1v) is 6.89. The maximum atomic E-state index is 11.9. The van der Waals surface area contributed by atoms with E-state index in [1.54, 1.807) is 12.4 Å². The fraction of sp³-hybridized carbons (Fsp3) is 0.250. The van der Waals surface area contributed by atoms with Crippen LogP contribution in [-0.4, -0.2) is 24.0 Å². The topological polar surface area (TPSA) is 77.2 Å². The molecule has 0 unspecified atom stereocenters. The second kappa shape index (κ2) is 8.01. The molecule has 0 aliphatic rings. The van der Waals surface area contributed by atoms with Crippen LogP contribution in [0, 0.1) is 0 Å². The number of carbonyl (C=O) groups excluding carboxylic acids is 1. The number of amides is 1. The van der Waals surface area contributed by atoms with Gasteiger partial charge in [0.2, 0.25) is 5.91 Å². The molecule has 5 nitrogen and oxygen atoms in total. The average molecular weight is 285 g/mol. The van der Waals surface area contributed by atoms with E-state index in [0.717, 1.165) is 17.0 Å². The van der Waals surface area contributed by atoms with Crippen molar-refractivity contribution in [1.29, 1.82) is 0 Å². The first kappa shape index (κ1) is 15.0. The molecule has 3 N–H and O–H groups in total. The Kier molecular flexibility index (Phi) is 5.72. The van der Waals surface area contributed by atoms with Crippen molar-refractivity contribution in [2.45, 2.75) is 12.8 Å². The maximum absolute atomic E-state index is 11.9. The van der Waals surface area contributed by atoms with E-state index in [9.17, 15) is 4.79 Å². The molecule has 0 fully saturated rings. The highest BCUT2D eigenvalue weighted by Gasteiger charge is 2.03. The summed E-state index contributed by atoms with van der Waals surface area (Å²) in [7, 11) is 0. The second-order valence-electron chi connectivity index (χ2n) is 4.57. The van der Waals surface area contributed by atoms with E-state index >= 15 is 0 Å². The fourth-order valence-corrected chi connectivity index (χ4v) is 1.84. The fourth-order valence-electron chi connectivity index (χ4n) is 1.84. The van der Waals surface area contributed by atoms with E-state index in [4.69, 9.17) is 10.5 Å². The number of nitrogens with two attached hydrogens (primary N) is 1. The molecule has 1 aromatic heterocycles. The summed E-state index contributed by atoms with van der Waals surface area (Å²) in [6, 6.07) is 11.1. The van der Waals surface area contributed by atoms with Crippen molar-refractivity contribution >= 4 is 11.6 Å². The molecule has 5 heteroatoms. The molecule has 1 amide bonds. The molecule has 21 heavy (non-hydrogen) atoms. The van der Waals surface area contributed by atoms with Crippen molar-refractivity contribution in [3.05, 3.63) is 54.4 Å². The van der Waals surface area contributed by atoms with Gasteiger partial charge in [-0.15, -0.1) is 0 Å². The van der Waals surface area contributed by atoms with E-state index in [-0.39, 0.29) is 5.91 Å². The van der Waals surface area contributed by atoms with Gasteiger partial charge in [0.25, 0.3) is 0 Å². The number of hydrogen-bond donors (Lipinski definition) is 2. The van der Waals surface area contributed by atoms with Gasteiger partial charge >= 0.3 is 0 Å². The number of nitrogens with one attached hydrogen (secondary N) is 1. The van der Waals surface area contributed by atoms with Crippen molar-refractivity contribution in [1.82, 2.24) is 4.98 Å². The molecule has 2 aromatic rings. The summed E-state index contributed by atoms with van der Waals surface area (Å²) >= 11 is 0. The highest BCUT2D eigenvalue weighted by atomic mass is 16.5. The smallest absolute Gasteiger partial charge is 0.224 e. The standard InChI is InChI=1S/C16H19N3O2/c17-9-12-21-15-4-2-14(3-5-15)19-16(20)6-1-13-7-10-18-11-8-13/h2-5,7-8,10-11H,1,6,9,12,17H2,(H,19,20). The molecule has 0 aliphatic heterocycles. The summed E-state index contributed by atoms with van der Waals surface area (Å²) in [4.78, 5) is 15.8. The highest BCUT2D eigenvalue weighted by Crippen LogP contribution is 2.16. The molecule has 0 bridgehead atoms. The molecular formula is C16H19N3O2. The summed E-state index contributed by atoms with van der Waals surface area (Å²) in [5, 5.41) is 2.86. The molecule has 0 saturated carbocycles. The lowest BCUT2D eigenvalue weighted by Crippen LogP contribution is -2.12. The zero-order valence-corrected chi connectivity index (χ0v) is 11.8. The SMILES string of the molecule is NCCOc1ccc(NC(=O)CCc2ccncc2)cc1. The Morgan fingerprint density at radius 2 is 1.86 bits per heavy atom. The molecule has 0 atom stereocenters. The van der Waals surface area contributed by atoms with E-state index < -0.39 is 0 Å². The van der Waals surface area contributed by atoms with E-state index in [1.165, 1.54) is 0 Å². The number of nitrogens with zero attached hydrogens (tertiary/aromatic N) is 1. The predicted octanol–water partition coefficient (Wildman–Crippen LogP) is 1.99. The summed E-state index contributed by atoms with van der Waals surface area (Å²) in [5.41, 5.74) is 7.23. The van der Waals surface area contributed by atoms with Crippen LogP contribution >= 0.6 is 0 Å². The van der Waals surface area contributed by atoms with Crippen LogP contribution in [0.4, 0.5) is 5.69 Å². The molecule has 2 rings (SSSR count). The lowest BCUT2D eigenvalue weighted by molar-refractivity contribution is -0.116. The highest BCUT2D eigenvalue weighted by molar-refractivity contribution is 5.90. The van der Waals surface area contributed by atoms with Gasteiger partial charge in [0.15, 0.2) is 0 Å². The summed E-state index contributed by atoms with van der Waals surface area (Å²) in [6.07, 6.45) is 4.60. The molecule has 0 aliphatic carbocycles. The minimum Gasteiger partial charge on any atom is -0.492 e. The van der Waals surface area contributed by atoms with E-state index in [2.05, 4.69) is 10.3 Å². The van der Waals surface area contributed by atoms with Gasteiger partial charge in [-0.1, -0.05) is 0 Å². The molecule has 110 valence electrons. The van der Waals surface area contributed by atoms with Gasteiger partial charge < -0.3 is 15.8 Å². The van der Waals surface area contributed by atoms with Crippen LogP contribution in [-0.2, 0) is 11.2 Å². The Bertz CT molecular complexity index is 555. The molecule has 0 radical (unpaired) electrons. The van der Waals surface area contributed by atoms with Crippen molar-refractivity contribution in [3.63, 3.8) is 0 Å². The summed E-state index contributed by atoms with van der Waals surface area (Å²) in [5.74, 6) is 0.734. The van der Waals surface area contributed by atoms with Crippen molar-refractivity contribution < 1.29 is 9.53 Å². The first-order chi connectivity index (χ1) is 10.3. The Balaban J connectivity index is 1.79. The first-order valence-electron chi connectivity index (χ1n) is 6.89. The maximum Gasteiger partial charge on any atom is 0.224 e. The van der Waals surface area contributed by atoms with Crippen LogP contribution in [0.3, 0.4) is 0 Å². The number of hydrogen-bond acceptors (Lipinski definition) is 4. The number of aromatic nitrogens is 1. The van der Waals surface area contributed by atoms with E-state index in [1.807, 2.05) is 36.4 Å². The number of carbonyl (C=O) groups is 1. The summed E-state index contributed by atoms with van der Waals surface area (Å²) < 4.78 is 5.38. The third kappa shape index (κ3) is 5.24. The predicted molar refractivity (Wildman–Crippen MR) is 82.2 cm³/mol. The van der Waals surface area contributed by atoms with Crippen molar-refractivity contribution in [2.24, 2.45) is 5.73 Å². The minimum absolute atomic E-state index is 0.0116. The van der Waals surface area contributed by atoms with Gasteiger partial charge in [-0.2, -0.15) is 0 Å². The van der Waals surface area contributed by atoms with Crippen LogP contribution in [0.15, 0.2) is 48.8 Å². The number of aryl methyl sites for hydroxylation is 1. The monoisotopic (exact) mass is 285 g/mol. The van der Waals surface area contributed by atoms with Crippen molar-refractivity contribution in [3.8, 4) is 5.75 Å². The van der Waals surface area contributed by atoms with Crippen LogP contribution in [0.5, 0.6) is 5.75 Å². The van der Waals surface area contributed by atoms with Crippen molar-refractivity contribution in [2.75, 3.05) is 18.5 Å². The zero-order chi connectivity index (χ0) is 14.9. The number of ether oxygens (including phenoxy) is 1. The minimum atomic E-state index is -0.0116. The Hall–Kier alpha value is -2.40. The van der Waals surface area contributed by atoms with Gasteiger partial charge in [-0.3, -0.25) is 9.78 Å². The number of anilines is 1. The number of benzene rings is 1. The zero-order valence-electron chi connectivity index (χ0n) is 11.8. The Labute approximate surface area is 124 Å². The van der Waals surface area contributed by atoms with Crippen LogP contribution < -0.4 is 15.8 Å². The van der Waals surface area contributed by atoms with Gasteiger partial charge in [0.05, 0.1) is 0 Å². The Morgan fingerprint density at radius 3 is 2.52 bits per heavy atom. The molecular weight excluding hydrogens is 266 g/mol. The number of rotatable bonds is 7. The number of pyridine rings is 1. The molecule has 1 aromatic carbocycles. The third-order valence-corrected chi connectivity index (χ3v) is 2.91. The van der Waals surface area contributed by atoms with Gasteiger partial charge in [-0.25, -0.2) is 0 Å². The lowest BCUT2D eigenvalue weighted by Gasteiger charge is -2.07. The van der Waals surface area contributed by atoms with Crippen LogP contribution in [0.25, 0.3) is 0 Å². The summed E-state index contributed by atoms with van der Waals surface area (Å²) in [6.45, 7) is 0.963. The van der Waals surface area contributed by atoms with Crippen LogP contribution in [0.2, 0.25) is 0 Å². The van der Waals surface area contributed by atoms with Gasteiger partial charge in [-0.05, 0) is 48.4 Å². The molecule has 0 spiro atoms. The van der Waals surface area contributed by atoms with Crippen LogP contribution in [0.1, 0.15) is 12.0 Å².